The Bertz CT molecular complexity index is 771. The molecule has 1 aromatic carbocycles. The Morgan fingerprint density at radius 2 is 1.83 bits per heavy atom. The first-order chi connectivity index (χ1) is 8.68. The van der Waals surface area contributed by atoms with Gasteiger partial charge in [0.15, 0.2) is 5.52 Å². The molecule has 18 heavy (non-hydrogen) atoms. The van der Waals surface area contributed by atoms with Gasteiger partial charge in [-0.3, -0.25) is 14.5 Å². The van der Waals surface area contributed by atoms with Crippen molar-refractivity contribution >= 4 is 11.0 Å². The second kappa shape index (κ2) is 3.80. The molecule has 0 spiro atoms. The lowest BCUT2D eigenvalue weighted by Crippen LogP contribution is -2.22. The minimum absolute atomic E-state index is 0.145. The predicted octanol–water partition coefficient (Wildman–Crippen LogP) is 1.73. The zero-order valence-electron chi connectivity index (χ0n) is 10.1. The van der Waals surface area contributed by atoms with Crippen LogP contribution in [0.4, 0.5) is 0 Å². The molecule has 2 aromatic heterocycles. The highest BCUT2D eigenvalue weighted by molar-refractivity contribution is 5.75. The standard InChI is InChI=1S/C13H12N4O/c1-8-11-12(16-15-8)13(18)17(9(2)14-11)10-6-4-3-5-7-10/h3-7H,1-2H3,(H,15,16). The Kier molecular flexibility index (Phi) is 2.26. The van der Waals surface area contributed by atoms with E-state index in [1.807, 2.05) is 44.2 Å². The lowest BCUT2D eigenvalue weighted by atomic mass is 10.3. The summed E-state index contributed by atoms with van der Waals surface area (Å²) < 4.78 is 1.57. The summed E-state index contributed by atoms with van der Waals surface area (Å²) in [7, 11) is 0. The van der Waals surface area contributed by atoms with Crippen molar-refractivity contribution in [1.82, 2.24) is 19.7 Å². The van der Waals surface area contributed by atoms with Crippen molar-refractivity contribution in [2.45, 2.75) is 13.8 Å². The molecule has 0 aliphatic heterocycles. The van der Waals surface area contributed by atoms with Gasteiger partial charge in [-0.1, -0.05) is 18.2 Å². The van der Waals surface area contributed by atoms with Gasteiger partial charge < -0.3 is 0 Å². The Morgan fingerprint density at radius 1 is 1.11 bits per heavy atom. The molecular weight excluding hydrogens is 228 g/mol. The fourth-order valence-electron chi connectivity index (χ4n) is 2.05. The molecule has 0 aliphatic carbocycles. The number of aromatic amines is 1. The number of hydrogen-bond acceptors (Lipinski definition) is 3. The number of aromatic nitrogens is 4. The number of nitrogens with one attached hydrogen (secondary N) is 1. The average Bonchev–Trinajstić information content (AvgIpc) is 2.73. The van der Waals surface area contributed by atoms with E-state index in [4.69, 9.17) is 0 Å². The van der Waals surface area contributed by atoms with Gasteiger partial charge in [0.25, 0.3) is 5.56 Å². The van der Waals surface area contributed by atoms with Crippen LogP contribution in [-0.4, -0.2) is 19.7 Å². The quantitative estimate of drug-likeness (QED) is 0.704. The van der Waals surface area contributed by atoms with Gasteiger partial charge in [0.05, 0.1) is 11.4 Å². The third-order valence-corrected chi connectivity index (χ3v) is 2.93. The van der Waals surface area contributed by atoms with Crippen LogP contribution in [0.15, 0.2) is 35.1 Å². The van der Waals surface area contributed by atoms with Crippen LogP contribution in [0.5, 0.6) is 0 Å². The maximum absolute atomic E-state index is 12.4. The minimum atomic E-state index is -0.145. The summed E-state index contributed by atoms with van der Waals surface area (Å²) in [5.41, 5.74) is 2.49. The van der Waals surface area contributed by atoms with E-state index in [1.54, 1.807) is 4.57 Å². The lowest BCUT2D eigenvalue weighted by molar-refractivity contribution is 0.891. The summed E-state index contributed by atoms with van der Waals surface area (Å²) >= 11 is 0. The van der Waals surface area contributed by atoms with Crippen molar-refractivity contribution in [3.63, 3.8) is 0 Å². The minimum Gasteiger partial charge on any atom is -0.280 e. The van der Waals surface area contributed by atoms with Gasteiger partial charge in [-0.05, 0) is 26.0 Å². The van der Waals surface area contributed by atoms with E-state index in [0.717, 1.165) is 11.4 Å². The van der Waals surface area contributed by atoms with Crippen LogP contribution in [0.2, 0.25) is 0 Å². The van der Waals surface area contributed by atoms with E-state index in [2.05, 4.69) is 15.2 Å². The second-order valence-electron chi connectivity index (χ2n) is 4.18. The largest absolute Gasteiger partial charge is 0.286 e. The van der Waals surface area contributed by atoms with Crippen molar-refractivity contribution in [1.29, 1.82) is 0 Å². The summed E-state index contributed by atoms with van der Waals surface area (Å²) in [6.45, 7) is 3.67. The Labute approximate surface area is 103 Å². The first-order valence-corrected chi connectivity index (χ1v) is 5.68. The molecule has 0 unspecified atom stereocenters. The number of nitrogens with zero attached hydrogens (tertiary/aromatic N) is 3. The van der Waals surface area contributed by atoms with Gasteiger partial charge in [0.2, 0.25) is 0 Å². The average molecular weight is 240 g/mol. The van der Waals surface area contributed by atoms with Crippen LogP contribution in [0, 0.1) is 13.8 Å². The maximum atomic E-state index is 12.4. The fraction of sp³-hybridized carbons (Fsp3) is 0.154. The molecule has 3 rings (SSSR count). The molecule has 0 saturated carbocycles. The Morgan fingerprint density at radius 3 is 2.56 bits per heavy atom. The van der Waals surface area contributed by atoms with Gasteiger partial charge >= 0.3 is 0 Å². The Balaban J connectivity index is 2.41. The van der Waals surface area contributed by atoms with Crippen LogP contribution >= 0.6 is 0 Å². The lowest BCUT2D eigenvalue weighted by Gasteiger charge is -2.08. The van der Waals surface area contributed by atoms with Crippen LogP contribution < -0.4 is 5.56 Å². The highest BCUT2D eigenvalue weighted by Gasteiger charge is 2.13. The van der Waals surface area contributed by atoms with E-state index < -0.39 is 0 Å². The van der Waals surface area contributed by atoms with Crippen molar-refractivity contribution in [2.75, 3.05) is 0 Å². The van der Waals surface area contributed by atoms with E-state index in [0.29, 0.717) is 16.9 Å². The van der Waals surface area contributed by atoms with Gasteiger partial charge in [-0.15, -0.1) is 0 Å². The van der Waals surface area contributed by atoms with Crippen molar-refractivity contribution in [3.05, 3.63) is 52.2 Å². The molecule has 1 N–H and O–H groups in total. The number of rotatable bonds is 1. The van der Waals surface area contributed by atoms with Crippen molar-refractivity contribution in [2.24, 2.45) is 0 Å². The molecule has 5 nitrogen and oxygen atoms in total. The molecule has 0 radical (unpaired) electrons. The summed E-state index contributed by atoms with van der Waals surface area (Å²) in [5.74, 6) is 0.656. The van der Waals surface area contributed by atoms with Crippen LogP contribution in [0.1, 0.15) is 11.5 Å². The molecule has 0 amide bonds. The molecule has 90 valence electrons. The summed E-state index contributed by atoms with van der Waals surface area (Å²) in [6.07, 6.45) is 0. The van der Waals surface area contributed by atoms with E-state index in [1.165, 1.54) is 0 Å². The van der Waals surface area contributed by atoms with Crippen LogP contribution in [0.25, 0.3) is 16.7 Å². The van der Waals surface area contributed by atoms with Crippen LogP contribution in [-0.2, 0) is 0 Å². The smallest absolute Gasteiger partial charge is 0.280 e. The van der Waals surface area contributed by atoms with E-state index in [-0.39, 0.29) is 5.56 Å². The van der Waals surface area contributed by atoms with Crippen LogP contribution in [0.3, 0.4) is 0 Å². The van der Waals surface area contributed by atoms with Gasteiger partial charge in [-0.25, -0.2) is 4.98 Å². The summed E-state index contributed by atoms with van der Waals surface area (Å²) in [5, 5.41) is 6.82. The third-order valence-electron chi connectivity index (χ3n) is 2.93. The maximum Gasteiger partial charge on any atom is 0.286 e. The molecule has 0 fully saturated rings. The molecular formula is C13H12N4O. The first kappa shape index (κ1) is 10.7. The monoisotopic (exact) mass is 240 g/mol. The normalized spacial score (nSPS) is 11.0. The van der Waals surface area contributed by atoms with E-state index >= 15 is 0 Å². The fourth-order valence-corrected chi connectivity index (χ4v) is 2.05. The highest BCUT2D eigenvalue weighted by Crippen LogP contribution is 2.12. The zero-order valence-corrected chi connectivity index (χ0v) is 10.1. The predicted molar refractivity (Wildman–Crippen MR) is 69.0 cm³/mol. The van der Waals surface area contributed by atoms with Crippen molar-refractivity contribution in [3.8, 4) is 5.69 Å². The summed E-state index contributed by atoms with van der Waals surface area (Å²) in [6, 6.07) is 9.44. The van der Waals surface area contributed by atoms with Gasteiger partial charge in [-0.2, -0.15) is 5.10 Å². The second-order valence-corrected chi connectivity index (χ2v) is 4.18. The number of benzene rings is 1. The highest BCUT2D eigenvalue weighted by atomic mass is 16.1. The molecule has 2 heterocycles. The number of H-pyrrole nitrogens is 1. The molecule has 0 aliphatic rings. The number of hydrogen-bond donors (Lipinski definition) is 1. The summed E-state index contributed by atoms with van der Waals surface area (Å²) in [4.78, 5) is 16.8. The topological polar surface area (TPSA) is 63.6 Å². The van der Waals surface area contributed by atoms with Gasteiger partial charge in [0.1, 0.15) is 11.3 Å². The molecule has 0 bridgehead atoms. The number of aryl methyl sites for hydroxylation is 2. The number of fused-ring (bicyclic) bond motifs is 1. The molecule has 0 saturated heterocycles. The zero-order chi connectivity index (χ0) is 12.7. The molecule has 3 aromatic rings. The van der Waals surface area contributed by atoms with E-state index in [9.17, 15) is 4.79 Å². The first-order valence-electron chi connectivity index (χ1n) is 5.68. The number of para-hydroxylation sites is 1. The molecule has 5 heteroatoms. The molecule has 0 atom stereocenters. The third kappa shape index (κ3) is 1.44. The Hall–Kier alpha value is -2.43. The van der Waals surface area contributed by atoms with Crippen molar-refractivity contribution < 1.29 is 0 Å². The SMILES string of the molecule is Cc1[nH]nc2c(=O)n(-c3ccccc3)c(C)nc12. The van der Waals surface area contributed by atoms with Gasteiger partial charge in [0, 0.05) is 0 Å².